The van der Waals surface area contributed by atoms with E-state index >= 15 is 0 Å². The lowest BCUT2D eigenvalue weighted by Crippen LogP contribution is -2.28. The van der Waals surface area contributed by atoms with E-state index in [1.807, 2.05) is 0 Å². The second kappa shape index (κ2) is 3.81. The van der Waals surface area contributed by atoms with Crippen LogP contribution in [0.5, 0.6) is 0 Å². The molecular weight excluding hydrogens is 160 g/mol. The molecule has 74 valence electrons. The molecule has 0 spiro atoms. The average Bonchev–Trinajstić information content (AvgIpc) is 2.88. The number of nitrogens with zero attached hydrogens (tertiary/aromatic N) is 1. The minimum absolute atomic E-state index is 0.775. The van der Waals surface area contributed by atoms with Gasteiger partial charge in [0.25, 0.3) is 0 Å². The van der Waals surface area contributed by atoms with Gasteiger partial charge < -0.3 is 5.73 Å². The van der Waals surface area contributed by atoms with Crippen LogP contribution in [0.15, 0.2) is 11.6 Å². The molecule has 1 aliphatic carbocycles. The molecule has 0 aromatic carbocycles. The van der Waals surface area contributed by atoms with E-state index in [0.29, 0.717) is 0 Å². The van der Waals surface area contributed by atoms with Crippen LogP contribution in [0.25, 0.3) is 0 Å². The molecule has 13 heavy (non-hydrogen) atoms. The van der Waals surface area contributed by atoms with Crippen LogP contribution in [-0.4, -0.2) is 30.1 Å². The van der Waals surface area contributed by atoms with Crippen molar-refractivity contribution in [2.24, 2.45) is 5.73 Å². The van der Waals surface area contributed by atoms with Crippen LogP contribution in [0.2, 0.25) is 0 Å². The van der Waals surface area contributed by atoms with Crippen molar-refractivity contribution >= 4 is 0 Å². The maximum absolute atomic E-state index is 5.49. The maximum atomic E-state index is 5.49. The van der Waals surface area contributed by atoms with Crippen molar-refractivity contribution in [3.8, 4) is 0 Å². The van der Waals surface area contributed by atoms with Crippen molar-refractivity contribution in [2.75, 3.05) is 13.1 Å². The molecule has 2 heteroatoms. The topological polar surface area (TPSA) is 29.3 Å². The minimum atomic E-state index is 0.775. The maximum Gasteiger partial charge on any atom is 0.0199 e. The summed E-state index contributed by atoms with van der Waals surface area (Å²) in [6.45, 7) is 4.36. The third-order valence-corrected chi connectivity index (χ3v) is 3.12. The summed E-state index contributed by atoms with van der Waals surface area (Å²) in [6, 6.07) is 1.69. The van der Waals surface area contributed by atoms with E-state index < -0.39 is 0 Å². The Morgan fingerprint density at radius 3 is 2.92 bits per heavy atom. The zero-order chi connectivity index (χ0) is 9.26. The number of nitrogens with two attached hydrogens (primary N) is 1. The predicted octanol–water partition coefficient (Wildman–Crippen LogP) is 1.52. The summed E-state index contributed by atoms with van der Waals surface area (Å²) in [4.78, 5) is 2.66. The van der Waals surface area contributed by atoms with Gasteiger partial charge in [-0.05, 0) is 39.2 Å². The molecule has 0 aromatic rings. The third kappa shape index (κ3) is 2.12. The highest BCUT2D eigenvalue weighted by atomic mass is 15.2. The summed E-state index contributed by atoms with van der Waals surface area (Å²) in [5, 5.41) is 0. The largest absolute Gasteiger partial charge is 0.330 e. The highest BCUT2D eigenvalue weighted by Gasteiger charge is 2.36. The SMILES string of the molecule is CC1CC(=CCCN)CN1C1CC1. The molecule has 2 rings (SSSR count). The Morgan fingerprint density at radius 1 is 1.54 bits per heavy atom. The number of hydrogen-bond donors (Lipinski definition) is 1. The van der Waals surface area contributed by atoms with Crippen LogP contribution in [0, 0.1) is 0 Å². The molecule has 1 saturated carbocycles. The van der Waals surface area contributed by atoms with Crippen molar-refractivity contribution in [1.82, 2.24) is 4.90 Å². The molecule has 1 atom stereocenters. The quantitative estimate of drug-likeness (QED) is 0.667. The highest BCUT2D eigenvalue weighted by Crippen LogP contribution is 2.35. The molecule has 2 fully saturated rings. The summed E-state index contributed by atoms with van der Waals surface area (Å²) < 4.78 is 0. The Bertz CT molecular complexity index is 206. The lowest BCUT2D eigenvalue weighted by atomic mass is 10.1. The van der Waals surface area contributed by atoms with Gasteiger partial charge in [-0.3, -0.25) is 4.90 Å². The van der Waals surface area contributed by atoms with Gasteiger partial charge in [0.15, 0.2) is 0 Å². The first-order valence-corrected chi connectivity index (χ1v) is 5.45. The smallest absolute Gasteiger partial charge is 0.0199 e. The fourth-order valence-electron chi connectivity index (χ4n) is 2.28. The van der Waals surface area contributed by atoms with Gasteiger partial charge in [0.05, 0.1) is 0 Å². The summed E-state index contributed by atoms with van der Waals surface area (Å²) >= 11 is 0. The van der Waals surface area contributed by atoms with Crippen molar-refractivity contribution in [3.63, 3.8) is 0 Å². The first kappa shape index (κ1) is 9.22. The molecule has 0 aromatic heterocycles. The van der Waals surface area contributed by atoms with E-state index in [4.69, 9.17) is 5.73 Å². The molecule has 2 aliphatic rings. The van der Waals surface area contributed by atoms with Gasteiger partial charge >= 0.3 is 0 Å². The Labute approximate surface area is 80.8 Å². The van der Waals surface area contributed by atoms with Gasteiger partial charge in [-0.2, -0.15) is 0 Å². The molecule has 1 unspecified atom stereocenters. The zero-order valence-corrected chi connectivity index (χ0v) is 8.50. The van der Waals surface area contributed by atoms with Gasteiger partial charge in [-0.25, -0.2) is 0 Å². The summed E-state index contributed by atoms with van der Waals surface area (Å²) in [5.74, 6) is 0. The average molecular weight is 180 g/mol. The summed E-state index contributed by atoms with van der Waals surface area (Å²) in [6.07, 6.45) is 7.53. The van der Waals surface area contributed by atoms with E-state index in [1.54, 1.807) is 5.57 Å². The third-order valence-electron chi connectivity index (χ3n) is 3.12. The highest BCUT2D eigenvalue weighted by molar-refractivity contribution is 5.14. The van der Waals surface area contributed by atoms with Gasteiger partial charge in [-0.1, -0.05) is 11.6 Å². The lowest BCUT2D eigenvalue weighted by molar-refractivity contribution is 0.260. The second-order valence-corrected chi connectivity index (χ2v) is 4.40. The molecule has 2 nitrogen and oxygen atoms in total. The van der Waals surface area contributed by atoms with E-state index in [9.17, 15) is 0 Å². The number of hydrogen-bond acceptors (Lipinski definition) is 2. The first-order valence-electron chi connectivity index (χ1n) is 5.45. The monoisotopic (exact) mass is 180 g/mol. The summed E-state index contributed by atoms with van der Waals surface area (Å²) in [7, 11) is 0. The molecule has 1 heterocycles. The normalized spacial score (nSPS) is 33.1. The van der Waals surface area contributed by atoms with E-state index in [0.717, 1.165) is 25.0 Å². The molecule has 1 saturated heterocycles. The van der Waals surface area contributed by atoms with E-state index in [-0.39, 0.29) is 0 Å². The number of likely N-dealkylation sites (tertiary alicyclic amines) is 1. The molecule has 0 bridgehead atoms. The predicted molar refractivity (Wildman–Crippen MR) is 55.6 cm³/mol. The zero-order valence-electron chi connectivity index (χ0n) is 8.50. The van der Waals surface area contributed by atoms with Crippen LogP contribution in [0.4, 0.5) is 0 Å². The standard InChI is InChI=1S/C11H20N2/c1-9-7-10(3-2-6-12)8-13(9)11-4-5-11/h3,9,11H,2,4-8,12H2,1H3. The van der Waals surface area contributed by atoms with Crippen LogP contribution in [-0.2, 0) is 0 Å². The Kier molecular flexibility index (Phi) is 2.70. The van der Waals surface area contributed by atoms with Crippen LogP contribution >= 0.6 is 0 Å². The van der Waals surface area contributed by atoms with Crippen LogP contribution in [0.1, 0.15) is 32.6 Å². The Morgan fingerprint density at radius 2 is 2.31 bits per heavy atom. The van der Waals surface area contributed by atoms with Crippen LogP contribution < -0.4 is 5.73 Å². The van der Waals surface area contributed by atoms with Crippen molar-refractivity contribution in [2.45, 2.75) is 44.7 Å². The van der Waals surface area contributed by atoms with Crippen molar-refractivity contribution in [3.05, 3.63) is 11.6 Å². The molecule has 1 aliphatic heterocycles. The van der Waals surface area contributed by atoms with E-state index in [2.05, 4.69) is 17.9 Å². The van der Waals surface area contributed by atoms with Crippen LogP contribution in [0.3, 0.4) is 0 Å². The fraction of sp³-hybridized carbons (Fsp3) is 0.818. The lowest BCUT2D eigenvalue weighted by Gasteiger charge is -2.19. The molecule has 2 N–H and O–H groups in total. The van der Waals surface area contributed by atoms with Gasteiger partial charge in [0.1, 0.15) is 0 Å². The second-order valence-electron chi connectivity index (χ2n) is 4.40. The first-order chi connectivity index (χ1) is 6.31. The summed E-state index contributed by atoms with van der Waals surface area (Å²) in [5.41, 5.74) is 7.11. The van der Waals surface area contributed by atoms with Gasteiger partial charge in [0, 0.05) is 18.6 Å². The molecule has 0 radical (unpaired) electrons. The van der Waals surface area contributed by atoms with E-state index in [1.165, 1.54) is 25.8 Å². The Balaban J connectivity index is 1.89. The van der Waals surface area contributed by atoms with Gasteiger partial charge in [-0.15, -0.1) is 0 Å². The minimum Gasteiger partial charge on any atom is -0.330 e. The Hall–Kier alpha value is -0.340. The fourth-order valence-corrected chi connectivity index (χ4v) is 2.28. The number of rotatable bonds is 3. The molecular formula is C11H20N2. The molecule has 0 amide bonds. The van der Waals surface area contributed by atoms with Crippen molar-refractivity contribution < 1.29 is 0 Å². The van der Waals surface area contributed by atoms with Gasteiger partial charge in [0.2, 0.25) is 0 Å². The van der Waals surface area contributed by atoms with Crippen molar-refractivity contribution in [1.29, 1.82) is 0 Å².